The highest BCUT2D eigenvalue weighted by Crippen LogP contribution is 2.15. The van der Waals surface area contributed by atoms with Crippen molar-refractivity contribution in [3.63, 3.8) is 0 Å². The number of imide groups is 1. The van der Waals surface area contributed by atoms with Crippen molar-refractivity contribution in [1.29, 1.82) is 0 Å². The monoisotopic (exact) mass is 380 g/mol. The molecule has 11 nitrogen and oxygen atoms in total. The lowest BCUT2D eigenvalue weighted by Crippen LogP contribution is -2.45. The highest BCUT2D eigenvalue weighted by Gasteiger charge is 2.24. The van der Waals surface area contributed by atoms with Crippen LogP contribution in [0, 0.1) is 6.92 Å². The van der Waals surface area contributed by atoms with Crippen LogP contribution < -0.4 is 22.1 Å². The fourth-order valence-electron chi connectivity index (χ4n) is 2.28. The van der Waals surface area contributed by atoms with Crippen molar-refractivity contribution < 1.29 is 24.1 Å². The molecule has 0 unspecified atom stereocenters. The van der Waals surface area contributed by atoms with Crippen LogP contribution in [0.3, 0.4) is 0 Å². The van der Waals surface area contributed by atoms with E-state index in [0.29, 0.717) is 5.56 Å². The second-order valence-electron chi connectivity index (χ2n) is 5.40. The van der Waals surface area contributed by atoms with Crippen molar-refractivity contribution in [2.75, 3.05) is 27.2 Å². The Bertz CT molecular complexity index is 723. The van der Waals surface area contributed by atoms with Crippen LogP contribution in [0.5, 0.6) is 0 Å². The first-order valence-electron chi connectivity index (χ1n) is 8.09. The van der Waals surface area contributed by atoms with Gasteiger partial charge in [-0.1, -0.05) is 0 Å². The first kappa shape index (κ1) is 22.0. The second kappa shape index (κ2) is 10.2. The average Bonchev–Trinajstić information content (AvgIpc) is 2.66. The summed E-state index contributed by atoms with van der Waals surface area (Å²) in [6.45, 7) is 3.04. The minimum Gasteiger partial charge on any atom is -0.341 e. The Morgan fingerprint density at radius 3 is 2.15 bits per heavy atom. The Morgan fingerprint density at radius 1 is 1.07 bits per heavy atom. The number of urea groups is 1. The van der Waals surface area contributed by atoms with Gasteiger partial charge in [-0.05, 0) is 37.6 Å². The molecule has 148 valence electrons. The van der Waals surface area contributed by atoms with Crippen LogP contribution in [0.2, 0.25) is 0 Å². The number of carbonyl (C=O) groups is 4. The van der Waals surface area contributed by atoms with E-state index >= 15 is 0 Å². The number of nitrogens with one attached hydrogen (secondary N) is 3. The fourth-order valence-corrected chi connectivity index (χ4v) is 2.28. The molecule has 0 radical (unpaired) electrons. The molecule has 5 N–H and O–H groups in total. The summed E-state index contributed by atoms with van der Waals surface area (Å²) in [5, 5.41) is 3.14. The number of rotatable bonds is 7. The third kappa shape index (κ3) is 5.74. The summed E-state index contributed by atoms with van der Waals surface area (Å²) in [5.41, 5.74) is 5.07. The number of hydroxylamine groups is 3. The predicted molar refractivity (Wildman–Crippen MR) is 95.9 cm³/mol. The summed E-state index contributed by atoms with van der Waals surface area (Å²) in [5.74, 6) is 3.15. The van der Waals surface area contributed by atoms with Crippen molar-refractivity contribution in [1.82, 2.24) is 26.2 Å². The third-order valence-electron chi connectivity index (χ3n) is 3.47. The smallest absolute Gasteiger partial charge is 0.324 e. The Morgan fingerprint density at radius 2 is 1.67 bits per heavy atom. The van der Waals surface area contributed by atoms with E-state index in [2.05, 4.69) is 10.8 Å². The lowest BCUT2D eigenvalue weighted by molar-refractivity contribution is -0.174. The molecule has 0 saturated heterocycles. The number of carbonyl (C=O) groups excluding carboxylic acids is 4. The van der Waals surface area contributed by atoms with Gasteiger partial charge in [-0.25, -0.2) is 10.6 Å². The highest BCUT2D eigenvalue weighted by atomic mass is 16.8. The molecule has 0 aliphatic carbocycles. The van der Waals surface area contributed by atoms with Gasteiger partial charge in [0.15, 0.2) is 0 Å². The van der Waals surface area contributed by atoms with E-state index in [4.69, 9.17) is 10.8 Å². The number of hydrogen-bond donors (Lipinski definition) is 4. The number of benzene rings is 1. The first-order valence-corrected chi connectivity index (χ1v) is 8.09. The van der Waals surface area contributed by atoms with Crippen molar-refractivity contribution in [2.24, 2.45) is 5.84 Å². The lowest BCUT2D eigenvalue weighted by Gasteiger charge is -2.21. The topological polar surface area (TPSA) is 146 Å². The zero-order valence-corrected chi connectivity index (χ0v) is 15.7. The zero-order chi connectivity index (χ0) is 20.6. The molecule has 0 heterocycles. The minimum absolute atomic E-state index is 0.103. The number of aryl methyl sites for hydroxylation is 1. The number of amides is 5. The van der Waals surface area contributed by atoms with Crippen molar-refractivity contribution in [3.8, 4) is 0 Å². The molecule has 11 heteroatoms. The SMILES string of the molecule is CCN(C(=O)NC)C(=O)c1cc(C)cc(C(=O)N(CC(=O)NN)ONC)c1. The number of nitrogens with two attached hydrogens (primary N) is 1. The molecule has 0 atom stereocenters. The van der Waals surface area contributed by atoms with Crippen LogP contribution in [0.4, 0.5) is 4.79 Å². The van der Waals surface area contributed by atoms with Gasteiger partial charge in [0.25, 0.3) is 17.7 Å². The van der Waals surface area contributed by atoms with Gasteiger partial charge >= 0.3 is 6.03 Å². The molecule has 0 aromatic heterocycles. The molecule has 5 amide bonds. The number of hydrazine groups is 1. The zero-order valence-electron chi connectivity index (χ0n) is 15.7. The molecule has 27 heavy (non-hydrogen) atoms. The number of nitrogens with zero attached hydrogens (tertiary/aromatic N) is 2. The van der Waals surface area contributed by atoms with Crippen LogP contribution >= 0.6 is 0 Å². The van der Waals surface area contributed by atoms with Crippen molar-refractivity contribution in [3.05, 3.63) is 34.9 Å². The highest BCUT2D eigenvalue weighted by molar-refractivity contribution is 6.06. The molecular weight excluding hydrogens is 356 g/mol. The van der Waals surface area contributed by atoms with Crippen molar-refractivity contribution >= 4 is 23.8 Å². The average molecular weight is 380 g/mol. The molecule has 1 aromatic carbocycles. The van der Waals surface area contributed by atoms with Gasteiger partial charge in [-0.15, -0.1) is 0 Å². The molecule has 0 fully saturated rings. The Balaban J connectivity index is 3.22. The summed E-state index contributed by atoms with van der Waals surface area (Å²) in [7, 11) is 2.83. The van der Waals surface area contributed by atoms with Crippen LogP contribution in [0.1, 0.15) is 33.2 Å². The summed E-state index contributed by atoms with van der Waals surface area (Å²) >= 11 is 0. The molecular formula is C16H24N6O5. The standard InChI is InChI=1S/C16H24N6O5/c1-5-21(16(26)18-3)14(24)11-6-10(2)7-12(8-11)15(25)22(27-19-4)9-13(23)20-17/h6-8,19H,5,9,17H2,1-4H3,(H,18,26)(H,20,23). The van der Waals surface area contributed by atoms with E-state index in [1.807, 2.05) is 5.43 Å². The van der Waals surface area contributed by atoms with Gasteiger partial charge in [-0.2, -0.15) is 15.5 Å². The van der Waals surface area contributed by atoms with Gasteiger partial charge in [0, 0.05) is 31.8 Å². The van der Waals surface area contributed by atoms with E-state index in [-0.39, 0.29) is 17.7 Å². The molecule has 0 aliphatic heterocycles. The molecule has 0 saturated carbocycles. The van der Waals surface area contributed by atoms with E-state index in [1.54, 1.807) is 19.9 Å². The first-order chi connectivity index (χ1) is 12.8. The number of hydrogen-bond acceptors (Lipinski definition) is 7. The molecule has 0 bridgehead atoms. The quantitative estimate of drug-likeness (QED) is 0.278. The van der Waals surface area contributed by atoms with Gasteiger partial charge in [0.2, 0.25) is 0 Å². The molecule has 1 rings (SSSR count). The molecule has 0 spiro atoms. The van der Waals surface area contributed by atoms with Crippen molar-refractivity contribution in [2.45, 2.75) is 13.8 Å². The predicted octanol–water partition coefficient (Wildman–Crippen LogP) is -0.705. The van der Waals surface area contributed by atoms with E-state index < -0.39 is 30.3 Å². The van der Waals surface area contributed by atoms with Gasteiger partial charge in [0.1, 0.15) is 6.54 Å². The van der Waals surface area contributed by atoms with Gasteiger partial charge < -0.3 is 5.32 Å². The lowest BCUT2D eigenvalue weighted by atomic mass is 10.0. The second-order valence-corrected chi connectivity index (χ2v) is 5.40. The Kier molecular flexibility index (Phi) is 8.33. The van der Waals surface area contributed by atoms with Crippen LogP contribution in [0.25, 0.3) is 0 Å². The largest absolute Gasteiger partial charge is 0.341 e. The van der Waals surface area contributed by atoms with Crippen LogP contribution in [0.15, 0.2) is 18.2 Å². The summed E-state index contributed by atoms with van der Waals surface area (Å²) in [4.78, 5) is 54.6. The Hall–Kier alpha value is -3.02. The van der Waals surface area contributed by atoms with E-state index in [0.717, 1.165) is 9.96 Å². The Labute approximate surface area is 156 Å². The summed E-state index contributed by atoms with van der Waals surface area (Å²) in [6.07, 6.45) is 0. The third-order valence-corrected chi connectivity index (χ3v) is 3.47. The maximum Gasteiger partial charge on any atom is 0.324 e. The minimum atomic E-state index is -0.673. The van der Waals surface area contributed by atoms with Crippen LogP contribution in [-0.4, -0.2) is 60.9 Å². The maximum absolute atomic E-state index is 12.7. The van der Waals surface area contributed by atoms with E-state index in [1.165, 1.54) is 26.2 Å². The molecule has 1 aromatic rings. The normalized spacial score (nSPS) is 10.1. The molecule has 0 aliphatic rings. The van der Waals surface area contributed by atoms with Gasteiger partial charge in [0.05, 0.1) is 0 Å². The maximum atomic E-state index is 12.7. The fraction of sp³-hybridized carbons (Fsp3) is 0.375. The summed E-state index contributed by atoms with van der Waals surface area (Å²) < 4.78 is 0. The van der Waals surface area contributed by atoms with Gasteiger partial charge in [-0.3, -0.25) is 24.7 Å². The van der Waals surface area contributed by atoms with Crippen LogP contribution in [-0.2, 0) is 9.73 Å². The van der Waals surface area contributed by atoms with E-state index in [9.17, 15) is 19.2 Å². The summed E-state index contributed by atoms with van der Waals surface area (Å²) in [6, 6.07) is 3.86.